The summed E-state index contributed by atoms with van der Waals surface area (Å²) in [6.07, 6.45) is 6.85. The van der Waals surface area contributed by atoms with E-state index in [1.807, 2.05) is 24.3 Å². The maximum atomic E-state index is 13.4. The molecule has 0 heterocycles. The van der Waals surface area contributed by atoms with Gasteiger partial charge in [0.25, 0.3) is 0 Å². The molecule has 0 radical (unpaired) electrons. The van der Waals surface area contributed by atoms with Crippen molar-refractivity contribution in [2.75, 3.05) is 0 Å². The Morgan fingerprint density at radius 1 is 0.656 bits per heavy atom. The molecule has 0 aromatic heterocycles. The van der Waals surface area contributed by atoms with Crippen LogP contribution in [0.4, 0.5) is 8.78 Å². The quantitative estimate of drug-likeness (QED) is 0.462. The molecule has 0 aliphatic heterocycles. The van der Waals surface area contributed by atoms with Crippen molar-refractivity contribution in [1.29, 1.82) is 0 Å². The summed E-state index contributed by atoms with van der Waals surface area (Å²) in [6, 6.07) is 13.8. The van der Waals surface area contributed by atoms with Gasteiger partial charge in [-0.25, -0.2) is 0 Å². The smallest absolute Gasteiger partial charge is 1.00 e. The van der Waals surface area contributed by atoms with Gasteiger partial charge in [-0.15, -0.1) is 0 Å². The van der Waals surface area contributed by atoms with Crippen LogP contribution in [0.5, 0.6) is 0 Å². The average Bonchev–Trinajstić information content (AvgIpc) is 3.27. The molecule has 0 saturated carbocycles. The first-order valence-electron chi connectivity index (χ1n) is 10.4. The average molecular weight is 611 g/mol. The molecular formula is C26H26Cl2F2GeZr. The van der Waals surface area contributed by atoms with E-state index in [-0.39, 0.29) is 36.4 Å². The topological polar surface area (TPSA) is 0 Å². The van der Waals surface area contributed by atoms with Crippen molar-refractivity contribution >= 4 is 21.1 Å². The Morgan fingerprint density at radius 3 is 1.31 bits per heavy atom. The zero-order valence-corrected chi connectivity index (χ0v) is 24.8. The first-order valence-corrected chi connectivity index (χ1v) is 24.5. The molecule has 0 nitrogen and oxygen atoms in total. The zero-order valence-electron chi connectivity index (χ0n) is 18.7. The van der Waals surface area contributed by atoms with Gasteiger partial charge in [0.1, 0.15) is 0 Å². The van der Waals surface area contributed by atoms with Crippen molar-refractivity contribution in [3.8, 4) is 0 Å². The standard InChI is InChI=1S/2C12H10F.C2H6Ge.2ClH.Zr/c2*1-9-3-2-4-12(9)10-5-7-11(13)8-6-10;1-3-2;;;/h2*4-8H,2H2,1H3;1-2H3;2*1H;/q;;;;;+2/p-2. The Balaban J connectivity index is 0.00000181. The van der Waals surface area contributed by atoms with Crippen molar-refractivity contribution in [3.05, 3.63) is 101 Å². The zero-order chi connectivity index (χ0) is 21.4. The second-order valence-electron chi connectivity index (χ2n) is 8.24. The maximum absolute atomic E-state index is 13.4. The molecule has 2 aliphatic carbocycles. The van der Waals surface area contributed by atoms with Crippen LogP contribution in [0, 0.1) is 11.6 Å². The second kappa shape index (κ2) is 11.6. The predicted octanol–water partition coefficient (Wildman–Crippen LogP) is 1.66. The molecule has 0 saturated heterocycles. The Morgan fingerprint density at radius 2 is 1.00 bits per heavy atom. The van der Waals surface area contributed by atoms with Crippen LogP contribution in [0.1, 0.15) is 37.8 Å². The summed E-state index contributed by atoms with van der Waals surface area (Å²) >= 11 is -1.92. The van der Waals surface area contributed by atoms with Crippen LogP contribution < -0.4 is 24.8 Å². The Bertz CT molecular complexity index is 1080. The van der Waals surface area contributed by atoms with Crippen molar-refractivity contribution in [3.63, 3.8) is 0 Å². The number of rotatable bonds is 4. The van der Waals surface area contributed by atoms with Crippen LogP contribution in [-0.4, -0.2) is 9.98 Å². The van der Waals surface area contributed by atoms with E-state index in [1.54, 1.807) is 30.8 Å². The number of hydrogen-bond acceptors (Lipinski definition) is 0. The van der Waals surface area contributed by atoms with E-state index in [1.165, 1.54) is 22.3 Å². The summed E-state index contributed by atoms with van der Waals surface area (Å²) in [5, 5.41) is 0. The van der Waals surface area contributed by atoms with Gasteiger partial charge in [-0.2, -0.15) is 0 Å². The van der Waals surface area contributed by atoms with Crippen molar-refractivity contribution in [1.82, 2.24) is 0 Å². The molecule has 0 fully saturated rings. The third kappa shape index (κ3) is 5.49. The van der Waals surface area contributed by atoms with Gasteiger partial charge in [0.15, 0.2) is 0 Å². The number of halogens is 4. The minimum absolute atomic E-state index is 0. The molecule has 32 heavy (non-hydrogen) atoms. The largest absolute Gasteiger partial charge is 1.00 e. The van der Waals surface area contributed by atoms with E-state index < -0.39 is 28.6 Å². The fourth-order valence-electron chi connectivity index (χ4n) is 4.64. The van der Waals surface area contributed by atoms with Gasteiger partial charge in [0.05, 0.1) is 0 Å². The van der Waals surface area contributed by atoms with Crippen molar-refractivity contribution in [2.45, 2.75) is 38.2 Å². The normalized spacial score (nSPS) is 14.9. The van der Waals surface area contributed by atoms with Crippen LogP contribution in [0.25, 0.3) is 11.1 Å². The van der Waals surface area contributed by atoms with Gasteiger partial charge in [-0.05, 0) is 0 Å². The molecule has 2 aliphatic rings. The number of hydrogen-bond donors (Lipinski definition) is 0. The first kappa shape index (κ1) is 27.5. The van der Waals surface area contributed by atoms with E-state index in [0.717, 1.165) is 24.0 Å². The fourth-order valence-corrected chi connectivity index (χ4v) is 34.7. The molecule has 2 aromatic carbocycles. The molecule has 0 atom stereocenters. The van der Waals surface area contributed by atoms with Gasteiger partial charge in [0, 0.05) is 0 Å². The first-order chi connectivity index (χ1) is 14.4. The van der Waals surface area contributed by atoms with E-state index in [2.05, 4.69) is 37.5 Å². The number of allylic oxidation sites excluding steroid dienone is 8. The van der Waals surface area contributed by atoms with Crippen LogP contribution in [0.2, 0.25) is 11.5 Å². The Labute approximate surface area is 211 Å². The van der Waals surface area contributed by atoms with E-state index in [4.69, 9.17) is 0 Å². The van der Waals surface area contributed by atoms with Crippen LogP contribution in [0.3, 0.4) is 0 Å². The molecule has 6 heteroatoms. The van der Waals surface area contributed by atoms with Gasteiger partial charge in [-0.1, -0.05) is 0 Å². The van der Waals surface area contributed by atoms with Crippen LogP contribution in [-0.2, 0) is 18.6 Å². The monoisotopic (exact) mass is 610 g/mol. The fraction of sp³-hybridized carbons (Fsp3) is 0.231. The Kier molecular flexibility index (Phi) is 9.98. The molecule has 0 amide bonds. The molecule has 166 valence electrons. The molecule has 4 rings (SSSR count). The summed E-state index contributed by atoms with van der Waals surface area (Å²) in [7, 11) is -1.13. The second-order valence-corrected chi connectivity index (χ2v) is 36.2. The van der Waals surface area contributed by atoms with Gasteiger partial charge >= 0.3 is 188 Å². The molecule has 2 aromatic rings. The molecule has 0 bridgehead atoms. The van der Waals surface area contributed by atoms with Gasteiger partial charge < -0.3 is 24.8 Å². The van der Waals surface area contributed by atoms with Gasteiger partial charge in [0.2, 0.25) is 0 Å². The SMILES string of the molecule is CC1=[C]([Zr+2]([C]2=C(C)C(c3ccc(F)cc3)=CC2)=[Ge]([CH3])[CH3])CC=C1c1ccc(F)cc1.[Cl-].[Cl-]. The van der Waals surface area contributed by atoms with Crippen LogP contribution in [0.15, 0.2) is 78.4 Å². The summed E-state index contributed by atoms with van der Waals surface area (Å²) < 4.78 is 30.2. The van der Waals surface area contributed by atoms with Gasteiger partial charge in [-0.3, -0.25) is 0 Å². The van der Waals surface area contributed by atoms with E-state index in [9.17, 15) is 8.78 Å². The molecule has 0 unspecified atom stereocenters. The minimum Gasteiger partial charge on any atom is -1.00 e. The van der Waals surface area contributed by atoms with Crippen molar-refractivity contribution < 1.29 is 52.2 Å². The van der Waals surface area contributed by atoms with Crippen LogP contribution >= 0.6 is 0 Å². The predicted molar refractivity (Wildman–Crippen MR) is 121 cm³/mol. The molecule has 0 N–H and O–H groups in total. The number of benzene rings is 2. The summed E-state index contributed by atoms with van der Waals surface area (Å²) in [5.41, 5.74) is 7.74. The molecule has 0 spiro atoms. The van der Waals surface area contributed by atoms with E-state index >= 15 is 0 Å². The summed E-state index contributed by atoms with van der Waals surface area (Å²) in [6.45, 7) is 4.55. The third-order valence-corrected chi connectivity index (χ3v) is 34.3. The minimum atomic E-state index is -1.92. The summed E-state index contributed by atoms with van der Waals surface area (Å²) in [5.74, 6) is 4.72. The van der Waals surface area contributed by atoms with E-state index in [0.29, 0.717) is 0 Å². The Hall–Kier alpha value is -0.734. The third-order valence-electron chi connectivity index (χ3n) is 6.15. The molecular weight excluding hydrogens is 585 g/mol. The summed E-state index contributed by atoms with van der Waals surface area (Å²) in [4.78, 5) is 0. The maximum Gasteiger partial charge on any atom is -1.00 e. The van der Waals surface area contributed by atoms with Crippen molar-refractivity contribution in [2.24, 2.45) is 0 Å².